The van der Waals surface area contributed by atoms with Gasteiger partial charge < -0.3 is 11.1 Å². The minimum atomic E-state index is 0.650. The molecule has 1 aliphatic rings. The Bertz CT molecular complexity index is 718. The van der Waals surface area contributed by atoms with E-state index in [-0.39, 0.29) is 0 Å². The van der Waals surface area contributed by atoms with E-state index in [1.54, 1.807) is 23.6 Å². The molecule has 0 amide bonds. The average Bonchev–Trinajstić information content (AvgIpc) is 2.62. The number of rotatable bonds is 0. The van der Waals surface area contributed by atoms with Gasteiger partial charge in [-0.2, -0.15) is 0 Å². The van der Waals surface area contributed by atoms with Crippen LogP contribution in [0.1, 0.15) is 10.4 Å². The van der Waals surface area contributed by atoms with Crippen LogP contribution in [0.15, 0.2) is 18.3 Å². The maximum absolute atomic E-state index is 6.18. The van der Waals surface area contributed by atoms with Crippen molar-refractivity contribution in [1.82, 2.24) is 4.98 Å². The van der Waals surface area contributed by atoms with Gasteiger partial charge in [-0.25, -0.2) is 0 Å². The summed E-state index contributed by atoms with van der Waals surface area (Å²) in [5.41, 5.74) is 7.85. The van der Waals surface area contributed by atoms with Gasteiger partial charge in [-0.1, -0.05) is 11.6 Å². The van der Waals surface area contributed by atoms with E-state index in [2.05, 4.69) is 23.3 Å². The molecule has 1 aliphatic heterocycles. The molecule has 0 atom stereocenters. The standard InChI is InChI=1S/C12H10ClN3S/c1-6-4-7-10(14)11-8(5-16-12(7)17-6)9(13)2-3-15-11/h2-5,16H,14H2,1H3. The zero-order valence-corrected chi connectivity index (χ0v) is 10.7. The molecule has 2 aromatic rings. The van der Waals surface area contributed by atoms with Gasteiger partial charge in [-0.05, 0) is 19.1 Å². The zero-order valence-electron chi connectivity index (χ0n) is 9.12. The molecule has 3 heterocycles. The topological polar surface area (TPSA) is 50.9 Å². The molecule has 0 aliphatic carbocycles. The second-order valence-electron chi connectivity index (χ2n) is 3.86. The van der Waals surface area contributed by atoms with Crippen LogP contribution in [-0.4, -0.2) is 4.98 Å². The van der Waals surface area contributed by atoms with Crippen LogP contribution >= 0.6 is 22.9 Å². The molecule has 86 valence electrons. The molecule has 17 heavy (non-hydrogen) atoms. The molecule has 0 bridgehead atoms. The monoisotopic (exact) mass is 263 g/mol. The van der Waals surface area contributed by atoms with Crippen LogP contribution in [0.2, 0.25) is 5.02 Å². The molecule has 0 fully saturated rings. The number of nitrogens with zero attached hydrogens (tertiary/aromatic N) is 1. The summed E-state index contributed by atoms with van der Waals surface area (Å²) in [4.78, 5) is 5.53. The van der Waals surface area contributed by atoms with E-state index in [1.807, 2.05) is 6.20 Å². The van der Waals surface area contributed by atoms with E-state index in [4.69, 9.17) is 17.3 Å². The third-order valence-corrected chi connectivity index (χ3v) is 4.00. The second-order valence-corrected chi connectivity index (χ2v) is 5.52. The highest BCUT2D eigenvalue weighted by Gasteiger charge is 2.13. The van der Waals surface area contributed by atoms with Crippen LogP contribution in [0.5, 0.6) is 0 Å². The Kier molecular flexibility index (Phi) is 2.34. The Balaban J connectivity index is 2.45. The number of pyridine rings is 1. The Morgan fingerprint density at radius 1 is 1.47 bits per heavy atom. The van der Waals surface area contributed by atoms with Crippen LogP contribution in [-0.2, 0) is 0 Å². The van der Waals surface area contributed by atoms with E-state index >= 15 is 0 Å². The predicted octanol–water partition coefficient (Wildman–Crippen LogP) is 1.38. The summed E-state index contributed by atoms with van der Waals surface area (Å²) in [5, 5.41) is 6.51. The number of aromatic nitrogens is 1. The van der Waals surface area contributed by atoms with Gasteiger partial charge in [0.1, 0.15) is 5.00 Å². The van der Waals surface area contributed by atoms with E-state index in [0.29, 0.717) is 10.7 Å². The highest BCUT2D eigenvalue weighted by molar-refractivity contribution is 7.16. The third kappa shape index (κ3) is 1.61. The van der Waals surface area contributed by atoms with Crippen molar-refractivity contribution in [3.63, 3.8) is 0 Å². The maximum Gasteiger partial charge on any atom is 0.102 e. The molecule has 2 aromatic heterocycles. The summed E-state index contributed by atoms with van der Waals surface area (Å²) in [6, 6.07) is 3.82. The summed E-state index contributed by atoms with van der Waals surface area (Å²) < 4.78 is 0. The minimum absolute atomic E-state index is 0.650. The first-order chi connectivity index (χ1) is 8.16. The van der Waals surface area contributed by atoms with Gasteiger partial charge in [-0.15, -0.1) is 11.3 Å². The van der Waals surface area contributed by atoms with Crippen molar-refractivity contribution < 1.29 is 0 Å². The molecule has 0 spiro atoms. The fraction of sp³-hybridized carbons (Fsp3) is 0.0833. The molecule has 5 heteroatoms. The summed E-state index contributed by atoms with van der Waals surface area (Å²) in [6.07, 6.45) is 3.53. The molecule has 3 rings (SSSR count). The lowest BCUT2D eigenvalue weighted by Gasteiger charge is -1.99. The van der Waals surface area contributed by atoms with Crippen molar-refractivity contribution in [3.8, 4) is 0 Å². The molecule has 0 aromatic carbocycles. The van der Waals surface area contributed by atoms with Crippen LogP contribution in [0.4, 0.5) is 5.00 Å². The van der Waals surface area contributed by atoms with E-state index in [9.17, 15) is 0 Å². The molecule has 0 unspecified atom stereocenters. The maximum atomic E-state index is 6.18. The largest absolute Gasteiger partial charge is 0.396 e. The number of nitrogens with one attached hydrogen (secondary N) is 1. The quantitative estimate of drug-likeness (QED) is 0.755. The zero-order chi connectivity index (χ0) is 12.0. The molecular weight excluding hydrogens is 254 g/mol. The molecular formula is C12H10ClN3S. The number of nitrogens with two attached hydrogens (primary N) is 1. The number of hydrogen-bond donors (Lipinski definition) is 2. The number of halogens is 1. The van der Waals surface area contributed by atoms with Crippen molar-refractivity contribution >= 4 is 39.8 Å². The number of anilines is 1. The minimum Gasteiger partial charge on any atom is -0.396 e. The van der Waals surface area contributed by atoms with Crippen molar-refractivity contribution in [2.24, 2.45) is 5.73 Å². The van der Waals surface area contributed by atoms with Gasteiger partial charge in [0.15, 0.2) is 0 Å². The smallest absolute Gasteiger partial charge is 0.102 e. The van der Waals surface area contributed by atoms with E-state index in [0.717, 1.165) is 21.1 Å². The molecule has 3 N–H and O–H groups in total. The summed E-state index contributed by atoms with van der Waals surface area (Å²) in [7, 11) is 0. The lowest BCUT2D eigenvalue weighted by Crippen LogP contribution is -2.33. The Labute approximate surface area is 107 Å². The molecule has 3 nitrogen and oxygen atoms in total. The van der Waals surface area contributed by atoms with Crippen LogP contribution in [0.25, 0.3) is 11.9 Å². The lowest BCUT2D eigenvalue weighted by atomic mass is 10.2. The van der Waals surface area contributed by atoms with Gasteiger partial charge >= 0.3 is 0 Å². The SMILES string of the molecule is Cc1cc2c(s1)NC=c1c(Cl)ccnc1=C2N. The van der Waals surface area contributed by atoms with Crippen LogP contribution in [0.3, 0.4) is 0 Å². The summed E-state index contributed by atoms with van der Waals surface area (Å²) >= 11 is 7.81. The Morgan fingerprint density at radius 2 is 2.29 bits per heavy atom. The number of aryl methyl sites for hydroxylation is 1. The van der Waals surface area contributed by atoms with Crippen molar-refractivity contribution in [2.75, 3.05) is 5.32 Å². The summed E-state index contributed by atoms with van der Waals surface area (Å²) in [5.74, 6) is 0. The number of hydrogen-bond acceptors (Lipinski definition) is 4. The fourth-order valence-electron chi connectivity index (χ4n) is 1.89. The van der Waals surface area contributed by atoms with E-state index < -0.39 is 0 Å². The first-order valence-corrected chi connectivity index (χ1v) is 6.34. The Morgan fingerprint density at radius 3 is 3.12 bits per heavy atom. The van der Waals surface area contributed by atoms with Gasteiger partial charge in [0.05, 0.1) is 16.1 Å². The van der Waals surface area contributed by atoms with Gasteiger partial charge in [0.25, 0.3) is 0 Å². The highest BCUT2D eigenvalue weighted by Crippen LogP contribution is 2.30. The van der Waals surface area contributed by atoms with Crippen LogP contribution in [0, 0.1) is 6.92 Å². The number of thiophene rings is 1. The van der Waals surface area contributed by atoms with Crippen molar-refractivity contribution in [2.45, 2.75) is 6.92 Å². The third-order valence-electron chi connectivity index (χ3n) is 2.69. The van der Waals surface area contributed by atoms with Crippen molar-refractivity contribution in [1.29, 1.82) is 0 Å². The average molecular weight is 264 g/mol. The molecule has 0 radical (unpaired) electrons. The molecule has 0 saturated heterocycles. The van der Waals surface area contributed by atoms with E-state index in [1.165, 1.54) is 4.88 Å². The van der Waals surface area contributed by atoms with Gasteiger partial charge in [0, 0.05) is 28.1 Å². The first kappa shape index (κ1) is 10.6. The fourth-order valence-corrected chi connectivity index (χ4v) is 2.98. The molecule has 0 saturated carbocycles. The second kappa shape index (κ2) is 3.75. The van der Waals surface area contributed by atoms with Gasteiger partial charge in [0.2, 0.25) is 0 Å². The van der Waals surface area contributed by atoms with Crippen LogP contribution < -0.4 is 21.6 Å². The Hall–Kier alpha value is -1.52. The summed E-state index contributed by atoms with van der Waals surface area (Å²) in [6.45, 7) is 2.06. The van der Waals surface area contributed by atoms with Crippen molar-refractivity contribution in [3.05, 3.63) is 44.4 Å². The predicted molar refractivity (Wildman–Crippen MR) is 72.3 cm³/mol. The lowest BCUT2D eigenvalue weighted by molar-refractivity contribution is 1.20. The number of fused-ring (bicyclic) bond motifs is 2. The highest BCUT2D eigenvalue weighted by atomic mass is 35.5. The first-order valence-electron chi connectivity index (χ1n) is 5.14. The normalized spacial score (nSPS) is 13.2. The van der Waals surface area contributed by atoms with Gasteiger partial charge in [-0.3, -0.25) is 4.98 Å².